The fraction of sp³-hybridized carbons (Fsp3) is 0.455. The Balaban J connectivity index is 2.02. The number of rotatable bonds is 2. The van der Waals surface area contributed by atoms with Crippen LogP contribution in [0, 0.1) is 5.82 Å². The first-order chi connectivity index (χ1) is 7.15. The molecule has 0 saturated carbocycles. The van der Waals surface area contributed by atoms with Crippen LogP contribution in [0.2, 0.25) is 0 Å². The van der Waals surface area contributed by atoms with Crippen LogP contribution in [-0.2, 0) is 0 Å². The molecule has 3 N–H and O–H groups in total. The molecule has 1 saturated heterocycles. The quantitative estimate of drug-likeness (QED) is 0.726. The molecule has 2 rings (SSSR count). The number of hydrogen-bond donors (Lipinski definition) is 2. The van der Waals surface area contributed by atoms with Crippen molar-refractivity contribution in [3.63, 3.8) is 0 Å². The molecule has 1 aromatic rings. The van der Waals surface area contributed by atoms with Crippen molar-refractivity contribution in [3.8, 4) is 0 Å². The van der Waals surface area contributed by atoms with E-state index in [-0.39, 0.29) is 11.5 Å². The molecule has 1 fully saturated rings. The van der Waals surface area contributed by atoms with Crippen LogP contribution in [0.5, 0.6) is 0 Å². The highest BCUT2D eigenvalue weighted by Gasteiger charge is 2.18. The first kappa shape index (κ1) is 10.2. The number of likely N-dealkylation sites (tertiary alicyclic amines) is 1. The molecular formula is C11H16FN3. The van der Waals surface area contributed by atoms with Crippen LogP contribution in [0.25, 0.3) is 0 Å². The van der Waals surface area contributed by atoms with Gasteiger partial charge in [0.25, 0.3) is 0 Å². The third-order valence-corrected chi connectivity index (χ3v) is 2.76. The lowest BCUT2D eigenvalue weighted by Gasteiger charge is -2.14. The summed E-state index contributed by atoms with van der Waals surface area (Å²) in [5.74, 6) is -0.355. The van der Waals surface area contributed by atoms with E-state index in [2.05, 4.69) is 17.3 Å². The smallest absolute Gasteiger partial charge is 0.148 e. The third kappa shape index (κ3) is 2.39. The topological polar surface area (TPSA) is 41.3 Å². The summed E-state index contributed by atoms with van der Waals surface area (Å²) in [6.45, 7) is 2.10. The van der Waals surface area contributed by atoms with Crippen molar-refractivity contribution in [3.05, 3.63) is 24.0 Å². The minimum Gasteiger partial charge on any atom is -0.396 e. The van der Waals surface area contributed by atoms with Crippen LogP contribution in [-0.4, -0.2) is 31.1 Å². The monoisotopic (exact) mass is 209 g/mol. The summed E-state index contributed by atoms with van der Waals surface area (Å²) in [4.78, 5) is 2.26. The van der Waals surface area contributed by atoms with Crippen molar-refractivity contribution in [2.75, 3.05) is 31.2 Å². The second kappa shape index (κ2) is 4.06. The number of nitrogen functional groups attached to an aromatic ring is 1. The number of hydrogen-bond acceptors (Lipinski definition) is 3. The molecule has 82 valence electrons. The van der Waals surface area contributed by atoms with E-state index in [0.717, 1.165) is 25.2 Å². The number of anilines is 2. The van der Waals surface area contributed by atoms with E-state index < -0.39 is 0 Å². The summed E-state index contributed by atoms with van der Waals surface area (Å²) < 4.78 is 13.2. The summed E-state index contributed by atoms with van der Waals surface area (Å²) in [7, 11) is 2.09. The van der Waals surface area contributed by atoms with E-state index in [1.807, 2.05) is 6.07 Å². The van der Waals surface area contributed by atoms with Gasteiger partial charge in [-0.15, -0.1) is 0 Å². The van der Waals surface area contributed by atoms with Crippen molar-refractivity contribution in [2.45, 2.75) is 12.5 Å². The second-order valence-corrected chi connectivity index (χ2v) is 4.13. The number of nitrogens with two attached hydrogens (primary N) is 1. The average Bonchev–Trinajstić information content (AvgIpc) is 2.58. The van der Waals surface area contributed by atoms with Crippen LogP contribution in [0.1, 0.15) is 6.42 Å². The van der Waals surface area contributed by atoms with Crippen molar-refractivity contribution in [2.24, 2.45) is 0 Å². The summed E-state index contributed by atoms with van der Waals surface area (Å²) >= 11 is 0. The molecule has 0 aromatic heterocycles. The highest BCUT2D eigenvalue weighted by molar-refractivity contribution is 5.52. The molecule has 1 aliphatic rings. The lowest BCUT2D eigenvalue weighted by molar-refractivity contribution is 0.414. The molecule has 3 nitrogen and oxygen atoms in total. The lowest BCUT2D eigenvalue weighted by atomic mass is 10.2. The van der Waals surface area contributed by atoms with E-state index in [4.69, 9.17) is 5.73 Å². The standard InChI is InChI=1S/C11H16FN3/c1-15-5-4-9(7-15)14-8-2-3-11(13)10(12)6-8/h2-3,6,9,14H,4-5,7,13H2,1H3. The molecule has 0 bridgehead atoms. The van der Waals surface area contributed by atoms with Gasteiger partial charge >= 0.3 is 0 Å². The van der Waals surface area contributed by atoms with Crippen molar-refractivity contribution < 1.29 is 4.39 Å². The molecule has 0 spiro atoms. The van der Waals surface area contributed by atoms with Gasteiger partial charge in [-0.1, -0.05) is 0 Å². The van der Waals surface area contributed by atoms with Crippen LogP contribution in [0.3, 0.4) is 0 Å². The van der Waals surface area contributed by atoms with E-state index >= 15 is 0 Å². The Labute approximate surface area is 89.1 Å². The number of benzene rings is 1. The van der Waals surface area contributed by atoms with Gasteiger partial charge in [-0.05, 0) is 38.2 Å². The first-order valence-corrected chi connectivity index (χ1v) is 5.15. The average molecular weight is 209 g/mol. The van der Waals surface area contributed by atoms with Gasteiger partial charge < -0.3 is 16.0 Å². The van der Waals surface area contributed by atoms with Crippen molar-refractivity contribution in [1.29, 1.82) is 0 Å². The molecule has 0 aliphatic carbocycles. The molecule has 1 aromatic carbocycles. The van der Waals surface area contributed by atoms with Crippen LogP contribution in [0.15, 0.2) is 18.2 Å². The first-order valence-electron chi connectivity index (χ1n) is 5.15. The highest BCUT2D eigenvalue weighted by atomic mass is 19.1. The van der Waals surface area contributed by atoms with Crippen LogP contribution < -0.4 is 11.1 Å². The van der Waals surface area contributed by atoms with Gasteiger partial charge in [0.15, 0.2) is 0 Å². The minimum absolute atomic E-state index is 0.198. The zero-order valence-electron chi connectivity index (χ0n) is 8.83. The summed E-state index contributed by atoms with van der Waals surface area (Å²) in [5.41, 5.74) is 6.41. The Morgan fingerprint density at radius 1 is 1.53 bits per heavy atom. The predicted octanol–water partition coefficient (Wildman–Crippen LogP) is 1.52. The second-order valence-electron chi connectivity index (χ2n) is 4.13. The molecule has 1 heterocycles. The summed E-state index contributed by atoms with van der Waals surface area (Å²) in [5, 5.41) is 3.30. The zero-order chi connectivity index (χ0) is 10.8. The molecule has 1 unspecified atom stereocenters. The maximum absolute atomic E-state index is 13.2. The number of nitrogens with zero attached hydrogens (tertiary/aromatic N) is 1. The largest absolute Gasteiger partial charge is 0.396 e. The Morgan fingerprint density at radius 2 is 2.33 bits per heavy atom. The fourth-order valence-electron chi connectivity index (χ4n) is 1.91. The summed E-state index contributed by atoms with van der Waals surface area (Å²) in [6, 6.07) is 5.28. The Hall–Kier alpha value is -1.29. The minimum atomic E-state index is -0.355. The SMILES string of the molecule is CN1CCC(Nc2ccc(N)c(F)c2)C1. The van der Waals surface area contributed by atoms with Gasteiger partial charge in [0, 0.05) is 18.3 Å². The maximum Gasteiger partial charge on any atom is 0.148 e. The van der Waals surface area contributed by atoms with E-state index in [1.54, 1.807) is 6.07 Å². The number of likely N-dealkylation sites (N-methyl/N-ethyl adjacent to an activating group) is 1. The van der Waals surface area contributed by atoms with Gasteiger partial charge in [0.2, 0.25) is 0 Å². The van der Waals surface area contributed by atoms with E-state index in [1.165, 1.54) is 6.07 Å². The van der Waals surface area contributed by atoms with Gasteiger partial charge in [0.05, 0.1) is 5.69 Å². The molecule has 0 amide bonds. The normalized spacial score (nSPS) is 21.9. The van der Waals surface area contributed by atoms with Gasteiger partial charge in [-0.3, -0.25) is 0 Å². The van der Waals surface area contributed by atoms with Gasteiger partial charge in [0.1, 0.15) is 5.82 Å². The molecule has 4 heteroatoms. The van der Waals surface area contributed by atoms with Crippen LogP contribution in [0.4, 0.5) is 15.8 Å². The summed E-state index contributed by atoms with van der Waals surface area (Å²) in [6.07, 6.45) is 1.10. The van der Waals surface area contributed by atoms with Crippen LogP contribution >= 0.6 is 0 Å². The van der Waals surface area contributed by atoms with Crippen molar-refractivity contribution >= 4 is 11.4 Å². The molecule has 15 heavy (non-hydrogen) atoms. The van der Waals surface area contributed by atoms with E-state index in [9.17, 15) is 4.39 Å². The Morgan fingerprint density at radius 3 is 2.93 bits per heavy atom. The molecule has 0 radical (unpaired) electrons. The van der Waals surface area contributed by atoms with Gasteiger partial charge in [-0.25, -0.2) is 4.39 Å². The molecular weight excluding hydrogens is 193 g/mol. The van der Waals surface area contributed by atoms with Gasteiger partial charge in [-0.2, -0.15) is 0 Å². The zero-order valence-corrected chi connectivity index (χ0v) is 8.83. The maximum atomic E-state index is 13.2. The van der Waals surface area contributed by atoms with E-state index in [0.29, 0.717) is 6.04 Å². The van der Waals surface area contributed by atoms with Crippen molar-refractivity contribution in [1.82, 2.24) is 4.90 Å². The predicted molar refractivity (Wildman–Crippen MR) is 60.3 cm³/mol. The third-order valence-electron chi connectivity index (χ3n) is 2.76. The highest BCUT2D eigenvalue weighted by Crippen LogP contribution is 2.19. The lowest BCUT2D eigenvalue weighted by Crippen LogP contribution is -2.23. The molecule has 1 atom stereocenters. The number of halogens is 1. The Bertz CT molecular complexity index is 354. The Kier molecular flexibility index (Phi) is 2.77. The fourth-order valence-corrected chi connectivity index (χ4v) is 1.91. The molecule has 1 aliphatic heterocycles. The number of nitrogens with one attached hydrogen (secondary N) is 1.